The highest BCUT2D eigenvalue weighted by Crippen LogP contribution is 1.89. The summed E-state index contributed by atoms with van der Waals surface area (Å²) in [6, 6.07) is 0. The van der Waals surface area contributed by atoms with Gasteiger partial charge in [0.1, 0.15) is 0 Å². The first-order chi connectivity index (χ1) is 4.04. The van der Waals surface area contributed by atoms with E-state index in [0.29, 0.717) is 0 Å². The Bertz CT molecular complexity index is 129. The van der Waals surface area contributed by atoms with Crippen molar-refractivity contribution in [1.29, 1.82) is 0 Å². The molecule has 0 bridgehead atoms. The van der Waals surface area contributed by atoms with Gasteiger partial charge in [-0.15, -0.1) is 0 Å². The molecule has 52 valence electrons. The Hall–Kier alpha value is -1.10. The maximum atomic E-state index is 9.72. The minimum atomic E-state index is -1.79. The molecule has 0 aromatic rings. The van der Waals surface area contributed by atoms with E-state index in [1.165, 1.54) is 0 Å². The molecular weight excluding hydrogens is 130 g/mol. The van der Waals surface area contributed by atoms with Crippen LogP contribution in [0, 0.1) is 0 Å². The Labute approximate surface area is 50.5 Å². The van der Waals surface area contributed by atoms with Gasteiger partial charge in [0.15, 0.2) is 6.10 Å². The molecule has 0 aromatic heterocycles. The van der Waals surface area contributed by atoms with E-state index < -0.39 is 24.5 Å². The smallest absolute Gasteiger partial charge is 0.333 e. The van der Waals surface area contributed by atoms with Crippen LogP contribution in [0.25, 0.3) is 0 Å². The van der Waals surface area contributed by atoms with E-state index in [9.17, 15) is 9.59 Å². The lowest BCUT2D eigenvalue weighted by Crippen LogP contribution is -2.22. The summed E-state index contributed by atoms with van der Waals surface area (Å²) in [5.41, 5.74) is 0. The molecule has 0 rings (SSSR count). The van der Waals surface area contributed by atoms with Crippen LogP contribution in [0.2, 0.25) is 0 Å². The van der Waals surface area contributed by atoms with Crippen molar-refractivity contribution in [3.05, 3.63) is 0 Å². The van der Waals surface area contributed by atoms with Crippen molar-refractivity contribution in [2.24, 2.45) is 0 Å². The average Bonchev–Trinajstić information content (AvgIpc) is 1.63. The number of aliphatic hydroxyl groups excluding tert-OH is 1. The topological polar surface area (TPSA) is 94.8 Å². The van der Waals surface area contributed by atoms with Crippen molar-refractivity contribution in [2.75, 3.05) is 0 Å². The molecule has 0 heterocycles. The number of carbonyl (C=O) groups is 2. The molecule has 0 aromatic carbocycles. The number of carboxylic acids is 2. The molecule has 5 nitrogen and oxygen atoms in total. The van der Waals surface area contributed by atoms with Crippen LogP contribution in [0.1, 0.15) is 6.42 Å². The molecule has 0 saturated heterocycles. The van der Waals surface area contributed by atoms with Crippen molar-refractivity contribution in [2.45, 2.75) is 12.5 Å². The summed E-state index contributed by atoms with van der Waals surface area (Å²) in [5.74, 6) is -2.85. The fourth-order valence-corrected chi connectivity index (χ4v) is 0.253. The third-order valence-corrected chi connectivity index (χ3v) is 0.653. The SMILES string of the molecule is O=[13C](O)CC(O)[13C](=O)O. The van der Waals surface area contributed by atoms with Gasteiger partial charge in [0.05, 0.1) is 6.42 Å². The van der Waals surface area contributed by atoms with Gasteiger partial charge in [0.25, 0.3) is 0 Å². The second-order valence-corrected chi connectivity index (χ2v) is 1.45. The molecule has 0 radical (unpaired) electrons. The predicted octanol–water partition coefficient (Wildman–Crippen LogP) is -1.09. The van der Waals surface area contributed by atoms with E-state index >= 15 is 0 Å². The quantitative estimate of drug-likeness (QED) is 0.428. The van der Waals surface area contributed by atoms with Crippen molar-refractivity contribution in [1.82, 2.24) is 0 Å². The molecule has 1 unspecified atom stereocenters. The molecule has 0 spiro atoms. The van der Waals surface area contributed by atoms with Gasteiger partial charge in [-0.3, -0.25) is 4.79 Å². The Morgan fingerprint density at radius 1 is 1.33 bits per heavy atom. The maximum absolute atomic E-state index is 9.72. The Balaban J connectivity index is 3.63. The number of hydrogen-bond acceptors (Lipinski definition) is 3. The van der Waals surface area contributed by atoms with Gasteiger partial charge >= 0.3 is 11.9 Å². The normalized spacial score (nSPS) is 12.6. The molecule has 0 amide bonds. The van der Waals surface area contributed by atoms with Crippen molar-refractivity contribution < 1.29 is 24.9 Å². The first kappa shape index (κ1) is 7.90. The number of rotatable bonds is 3. The van der Waals surface area contributed by atoms with Crippen molar-refractivity contribution >= 4 is 11.9 Å². The van der Waals surface area contributed by atoms with E-state index in [2.05, 4.69) is 0 Å². The van der Waals surface area contributed by atoms with Crippen LogP contribution < -0.4 is 0 Å². The van der Waals surface area contributed by atoms with Gasteiger partial charge in [0, 0.05) is 0 Å². The molecule has 5 heteroatoms. The van der Waals surface area contributed by atoms with Crippen molar-refractivity contribution in [3.63, 3.8) is 0 Å². The second-order valence-electron chi connectivity index (χ2n) is 1.45. The van der Waals surface area contributed by atoms with E-state index in [1.807, 2.05) is 0 Å². The monoisotopic (exact) mass is 136 g/mol. The fraction of sp³-hybridized carbons (Fsp3) is 0.500. The van der Waals surface area contributed by atoms with Crippen LogP contribution in [-0.4, -0.2) is 33.4 Å². The molecule has 9 heavy (non-hydrogen) atoms. The van der Waals surface area contributed by atoms with Crippen LogP contribution in [0.15, 0.2) is 0 Å². The Morgan fingerprint density at radius 2 is 1.78 bits per heavy atom. The van der Waals surface area contributed by atoms with Crippen LogP contribution in [0.4, 0.5) is 0 Å². The molecule has 0 aliphatic rings. The van der Waals surface area contributed by atoms with Crippen molar-refractivity contribution in [3.8, 4) is 0 Å². The summed E-state index contributed by atoms with van der Waals surface area (Å²) in [5, 5.41) is 24.1. The number of carboxylic acid groups (broad SMARTS) is 2. The Kier molecular flexibility index (Phi) is 2.66. The van der Waals surface area contributed by atoms with Crippen LogP contribution >= 0.6 is 0 Å². The highest BCUT2D eigenvalue weighted by atomic mass is 16.5. The number of aliphatic carboxylic acids is 2. The zero-order valence-electron chi connectivity index (χ0n) is 4.44. The number of aliphatic hydroxyl groups is 1. The summed E-state index contributed by atoms with van der Waals surface area (Å²) in [6.45, 7) is 0. The predicted molar refractivity (Wildman–Crippen MR) is 25.9 cm³/mol. The minimum Gasteiger partial charge on any atom is -0.481 e. The summed E-state index contributed by atoms with van der Waals surface area (Å²) in [4.78, 5) is 19.4. The minimum absolute atomic E-state index is 0.755. The lowest BCUT2D eigenvalue weighted by Gasteiger charge is -1.97. The third-order valence-electron chi connectivity index (χ3n) is 0.653. The summed E-state index contributed by atoms with van der Waals surface area (Å²) < 4.78 is 0. The first-order valence-electron chi connectivity index (χ1n) is 2.16. The van der Waals surface area contributed by atoms with E-state index in [1.54, 1.807) is 0 Å². The zero-order chi connectivity index (χ0) is 7.44. The fourth-order valence-electron chi connectivity index (χ4n) is 0.253. The van der Waals surface area contributed by atoms with Gasteiger partial charge in [0.2, 0.25) is 0 Å². The molecule has 0 fully saturated rings. The average molecular weight is 136 g/mol. The molecular formula is C4H6O5. The molecule has 0 aliphatic carbocycles. The summed E-state index contributed by atoms with van der Waals surface area (Å²) in [7, 11) is 0. The largest absolute Gasteiger partial charge is 0.481 e. The lowest BCUT2D eigenvalue weighted by molar-refractivity contribution is -0.152. The lowest BCUT2D eigenvalue weighted by atomic mass is 10.5. The zero-order valence-corrected chi connectivity index (χ0v) is 4.44. The molecule has 3 N–H and O–H groups in total. The highest BCUT2D eigenvalue weighted by Gasteiger charge is 2.16. The highest BCUT2D eigenvalue weighted by molar-refractivity contribution is 5.79. The standard InChI is InChI=1S/C4H6O5/c5-2(4(8)9)1-3(6)7/h2,5H,1H2,(H,6,7)(H,8,9)/i3+1,4+1. The van der Waals surface area contributed by atoms with Crippen LogP contribution in [0.5, 0.6) is 0 Å². The molecule has 1 atom stereocenters. The maximum Gasteiger partial charge on any atom is 0.333 e. The number of hydrogen-bond donors (Lipinski definition) is 3. The van der Waals surface area contributed by atoms with Gasteiger partial charge in [-0.05, 0) is 0 Å². The molecule has 0 saturated carbocycles. The van der Waals surface area contributed by atoms with Crippen LogP contribution in [-0.2, 0) is 9.59 Å². The summed E-state index contributed by atoms with van der Waals surface area (Å²) in [6.07, 6.45) is -2.54. The van der Waals surface area contributed by atoms with Crippen LogP contribution in [0.3, 0.4) is 0 Å². The third kappa shape index (κ3) is 3.48. The van der Waals surface area contributed by atoms with E-state index in [4.69, 9.17) is 15.3 Å². The second kappa shape index (κ2) is 3.03. The van der Waals surface area contributed by atoms with Gasteiger partial charge in [-0.25, -0.2) is 4.79 Å². The van der Waals surface area contributed by atoms with Gasteiger partial charge in [-0.2, -0.15) is 0 Å². The van der Waals surface area contributed by atoms with E-state index in [0.717, 1.165) is 0 Å². The Morgan fingerprint density at radius 3 is 1.89 bits per heavy atom. The van der Waals surface area contributed by atoms with Gasteiger partial charge in [-0.1, -0.05) is 0 Å². The van der Waals surface area contributed by atoms with Gasteiger partial charge < -0.3 is 15.3 Å². The first-order valence-corrected chi connectivity index (χ1v) is 2.16. The van der Waals surface area contributed by atoms with E-state index in [-0.39, 0.29) is 0 Å². The summed E-state index contributed by atoms with van der Waals surface area (Å²) >= 11 is 0. The molecule has 0 aliphatic heterocycles.